The Labute approximate surface area is 131 Å². The molecule has 1 aliphatic heterocycles. The van der Waals surface area contributed by atoms with Crippen LogP contribution in [0.4, 0.5) is 0 Å². The molecule has 1 saturated heterocycles. The van der Waals surface area contributed by atoms with Crippen LogP contribution < -0.4 is 5.73 Å². The van der Waals surface area contributed by atoms with E-state index in [9.17, 15) is 0 Å². The molecule has 1 heterocycles. The van der Waals surface area contributed by atoms with Gasteiger partial charge in [-0.25, -0.2) is 0 Å². The van der Waals surface area contributed by atoms with Crippen molar-refractivity contribution < 1.29 is 0 Å². The molecule has 2 N–H and O–H groups in total. The van der Waals surface area contributed by atoms with Gasteiger partial charge in [-0.1, -0.05) is 58.8 Å². The van der Waals surface area contributed by atoms with Crippen LogP contribution in [0, 0.1) is 0 Å². The fourth-order valence-electron chi connectivity index (χ4n) is 3.30. The van der Waals surface area contributed by atoms with Crippen molar-refractivity contribution in [1.29, 1.82) is 0 Å². The van der Waals surface area contributed by atoms with Crippen molar-refractivity contribution in [3.05, 3.63) is 0 Å². The Kier molecular flexibility index (Phi) is 9.23. The third-order valence-corrected chi connectivity index (χ3v) is 5.74. The van der Waals surface area contributed by atoms with Gasteiger partial charge in [-0.05, 0) is 19.8 Å². The van der Waals surface area contributed by atoms with E-state index in [1.165, 1.54) is 70.1 Å². The molecule has 0 amide bonds. The standard InChI is InChI=1S/C17H36N2S/c1-4-6-8-10-12-17(3,11-9-7-5-2)19-13-14-20-16(18)15-19/h16H,4-15,18H2,1-3H3. The Hall–Kier alpha value is 0.270. The third kappa shape index (κ3) is 6.36. The Balaban J connectivity index is 2.51. The number of hydrogen-bond acceptors (Lipinski definition) is 3. The van der Waals surface area contributed by atoms with Crippen molar-refractivity contribution in [1.82, 2.24) is 4.90 Å². The highest BCUT2D eigenvalue weighted by molar-refractivity contribution is 7.99. The molecule has 0 aromatic heterocycles. The molecule has 2 unspecified atom stereocenters. The Bertz CT molecular complexity index is 247. The first-order chi connectivity index (χ1) is 9.62. The summed E-state index contributed by atoms with van der Waals surface area (Å²) < 4.78 is 0. The molecule has 1 rings (SSSR count). The minimum Gasteiger partial charge on any atom is -0.318 e. The topological polar surface area (TPSA) is 29.3 Å². The van der Waals surface area contributed by atoms with Crippen LogP contribution in [0.25, 0.3) is 0 Å². The second kappa shape index (κ2) is 10.1. The zero-order valence-electron chi connectivity index (χ0n) is 14.0. The molecule has 0 spiro atoms. The van der Waals surface area contributed by atoms with Crippen LogP contribution in [0.15, 0.2) is 0 Å². The average molecular weight is 301 g/mol. The Morgan fingerprint density at radius 3 is 2.25 bits per heavy atom. The maximum Gasteiger partial charge on any atom is 0.0636 e. The summed E-state index contributed by atoms with van der Waals surface area (Å²) >= 11 is 1.93. The van der Waals surface area contributed by atoms with Crippen LogP contribution in [0.5, 0.6) is 0 Å². The lowest BCUT2D eigenvalue weighted by Crippen LogP contribution is -2.54. The molecule has 3 heteroatoms. The highest BCUT2D eigenvalue weighted by Crippen LogP contribution is 2.32. The van der Waals surface area contributed by atoms with E-state index in [4.69, 9.17) is 5.73 Å². The van der Waals surface area contributed by atoms with Crippen molar-refractivity contribution in [3.63, 3.8) is 0 Å². The van der Waals surface area contributed by atoms with Crippen LogP contribution in [-0.2, 0) is 0 Å². The van der Waals surface area contributed by atoms with Crippen molar-refractivity contribution in [2.24, 2.45) is 5.73 Å². The van der Waals surface area contributed by atoms with Crippen molar-refractivity contribution in [2.75, 3.05) is 18.8 Å². The first-order valence-electron chi connectivity index (χ1n) is 8.74. The third-order valence-electron chi connectivity index (χ3n) is 4.74. The molecule has 0 radical (unpaired) electrons. The van der Waals surface area contributed by atoms with Gasteiger partial charge in [0.05, 0.1) is 5.37 Å². The SMILES string of the molecule is CCCCCCC(C)(CCCCC)N1CCSC(N)C1. The number of nitrogens with zero attached hydrogens (tertiary/aromatic N) is 1. The number of hydrogen-bond donors (Lipinski definition) is 1. The molecule has 0 aromatic carbocycles. The van der Waals surface area contributed by atoms with Gasteiger partial charge < -0.3 is 5.73 Å². The molecule has 0 bridgehead atoms. The Morgan fingerprint density at radius 2 is 1.65 bits per heavy atom. The van der Waals surface area contributed by atoms with E-state index in [2.05, 4.69) is 25.7 Å². The molecule has 0 aliphatic carbocycles. The molecule has 20 heavy (non-hydrogen) atoms. The monoisotopic (exact) mass is 300 g/mol. The lowest BCUT2D eigenvalue weighted by Gasteiger charge is -2.45. The maximum atomic E-state index is 6.17. The molecule has 0 aromatic rings. The van der Waals surface area contributed by atoms with E-state index in [1.54, 1.807) is 0 Å². The summed E-state index contributed by atoms with van der Waals surface area (Å²) in [4.78, 5) is 2.70. The summed E-state index contributed by atoms with van der Waals surface area (Å²) in [5.41, 5.74) is 6.56. The van der Waals surface area contributed by atoms with E-state index in [0.29, 0.717) is 10.9 Å². The van der Waals surface area contributed by atoms with Gasteiger partial charge in [0, 0.05) is 24.4 Å². The smallest absolute Gasteiger partial charge is 0.0636 e. The van der Waals surface area contributed by atoms with Gasteiger partial charge in [0.1, 0.15) is 0 Å². The molecule has 120 valence electrons. The van der Waals surface area contributed by atoms with Crippen LogP contribution in [0.3, 0.4) is 0 Å². The number of thioether (sulfide) groups is 1. The number of nitrogens with two attached hydrogens (primary N) is 1. The van der Waals surface area contributed by atoms with Gasteiger partial charge in [-0.3, -0.25) is 4.90 Å². The van der Waals surface area contributed by atoms with E-state index >= 15 is 0 Å². The molecular formula is C17H36N2S. The van der Waals surface area contributed by atoms with Crippen molar-refractivity contribution in [3.8, 4) is 0 Å². The molecular weight excluding hydrogens is 264 g/mol. The van der Waals surface area contributed by atoms with Crippen LogP contribution in [0.2, 0.25) is 0 Å². The summed E-state index contributed by atoms with van der Waals surface area (Å²) in [5.74, 6) is 1.21. The minimum absolute atomic E-state index is 0.324. The van der Waals surface area contributed by atoms with Crippen molar-refractivity contribution in [2.45, 2.75) is 89.5 Å². The van der Waals surface area contributed by atoms with Gasteiger partial charge in [0.2, 0.25) is 0 Å². The summed E-state index contributed by atoms with van der Waals surface area (Å²) in [6, 6.07) is 0. The van der Waals surface area contributed by atoms with Crippen LogP contribution in [0.1, 0.15) is 78.6 Å². The Morgan fingerprint density at radius 1 is 1.05 bits per heavy atom. The first kappa shape index (κ1) is 18.3. The summed E-state index contributed by atoms with van der Waals surface area (Å²) in [6.45, 7) is 9.40. The summed E-state index contributed by atoms with van der Waals surface area (Å²) in [5, 5.41) is 0.324. The van der Waals surface area contributed by atoms with E-state index in [0.717, 1.165) is 6.54 Å². The molecule has 1 fully saturated rings. The predicted molar refractivity (Wildman–Crippen MR) is 93.3 cm³/mol. The summed E-state index contributed by atoms with van der Waals surface area (Å²) in [7, 11) is 0. The van der Waals surface area contributed by atoms with Crippen LogP contribution >= 0.6 is 11.8 Å². The van der Waals surface area contributed by atoms with Gasteiger partial charge in [0.15, 0.2) is 0 Å². The zero-order chi connectivity index (χ0) is 14.8. The van der Waals surface area contributed by atoms with Gasteiger partial charge in [-0.2, -0.15) is 0 Å². The first-order valence-corrected chi connectivity index (χ1v) is 9.79. The fraction of sp³-hybridized carbons (Fsp3) is 1.00. The minimum atomic E-state index is 0.324. The van der Waals surface area contributed by atoms with Gasteiger partial charge in [-0.15, -0.1) is 11.8 Å². The summed E-state index contributed by atoms with van der Waals surface area (Å²) in [6.07, 6.45) is 12.3. The van der Waals surface area contributed by atoms with E-state index in [1.807, 2.05) is 11.8 Å². The fourth-order valence-corrected chi connectivity index (χ4v) is 4.21. The molecule has 2 atom stereocenters. The van der Waals surface area contributed by atoms with Crippen molar-refractivity contribution >= 4 is 11.8 Å². The second-order valence-electron chi connectivity index (χ2n) is 6.62. The average Bonchev–Trinajstić information content (AvgIpc) is 2.44. The van der Waals surface area contributed by atoms with E-state index in [-0.39, 0.29) is 0 Å². The largest absolute Gasteiger partial charge is 0.318 e. The normalized spacial score (nSPS) is 23.7. The lowest BCUT2D eigenvalue weighted by molar-refractivity contribution is 0.0839. The highest BCUT2D eigenvalue weighted by atomic mass is 32.2. The number of rotatable bonds is 10. The van der Waals surface area contributed by atoms with Gasteiger partial charge in [0.25, 0.3) is 0 Å². The highest BCUT2D eigenvalue weighted by Gasteiger charge is 2.33. The predicted octanol–water partition coefficient (Wildman–Crippen LogP) is 4.63. The molecule has 0 saturated carbocycles. The second-order valence-corrected chi connectivity index (χ2v) is 7.97. The van der Waals surface area contributed by atoms with Gasteiger partial charge >= 0.3 is 0 Å². The molecule has 2 nitrogen and oxygen atoms in total. The maximum absolute atomic E-state index is 6.17. The van der Waals surface area contributed by atoms with E-state index < -0.39 is 0 Å². The molecule has 1 aliphatic rings. The van der Waals surface area contributed by atoms with Crippen LogP contribution in [-0.4, -0.2) is 34.7 Å². The quantitative estimate of drug-likeness (QED) is 0.596. The number of unbranched alkanes of at least 4 members (excludes halogenated alkanes) is 5. The zero-order valence-corrected chi connectivity index (χ0v) is 14.8. The lowest BCUT2D eigenvalue weighted by atomic mass is 9.86.